The number of nitrogens with zero attached hydrogens (tertiary/aromatic N) is 1. The molecule has 386 valence electrons. The van der Waals surface area contributed by atoms with Crippen LogP contribution in [-0.4, -0.2) is 74.9 Å². The highest BCUT2D eigenvalue weighted by Gasteiger charge is 2.27. The summed E-state index contributed by atoms with van der Waals surface area (Å²) in [7, 11) is 1.49. The normalized spacial score (nSPS) is 13.4. The molecule has 0 aliphatic heterocycles. The van der Waals surface area contributed by atoms with E-state index in [0.717, 1.165) is 57.8 Å². The van der Waals surface area contributed by atoms with Crippen molar-refractivity contribution in [1.82, 2.24) is 0 Å². The van der Waals surface area contributed by atoms with Crippen molar-refractivity contribution in [2.45, 2.75) is 283 Å². The van der Waals surface area contributed by atoms with Crippen molar-refractivity contribution < 1.29 is 42.1 Å². The molecule has 0 spiro atoms. The fraction of sp³-hybridized carbons (Fsp3) is 0.927. The van der Waals surface area contributed by atoms with E-state index in [1.807, 2.05) is 21.1 Å². The smallest absolute Gasteiger partial charge is 0.462 e. The Morgan fingerprint density at radius 3 is 1.18 bits per heavy atom. The van der Waals surface area contributed by atoms with E-state index >= 15 is 0 Å². The van der Waals surface area contributed by atoms with Gasteiger partial charge in [0.25, 0.3) is 0 Å². The van der Waals surface area contributed by atoms with E-state index in [1.54, 1.807) is 0 Å². The molecule has 0 saturated carbocycles. The van der Waals surface area contributed by atoms with Crippen LogP contribution in [0.4, 0.5) is 0 Å². The van der Waals surface area contributed by atoms with Crippen LogP contribution in [0.5, 0.6) is 0 Å². The van der Waals surface area contributed by atoms with Crippen LogP contribution in [0.25, 0.3) is 0 Å². The summed E-state index contributed by atoms with van der Waals surface area (Å²) in [4.78, 5) is 35.5. The van der Waals surface area contributed by atoms with E-state index in [9.17, 15) is 19.0 Å². The number of hydrogen-bond acceptors (Lipinski definition) is 7. The molecule has 0 fully saturated rings. The average molecular weight is 943 g/mol. The molecule has 0 heterocycles. The largest absolute Gasteiger partial charge is 0.472 e. The first kappa shape index (κ1) is 63.8. The first-order chi connectivity index (χ1) is 31.5. The van der Waals surface area contributed by atoms with Crippen molar-refractivity contribution in [2.75, 3.05) is 47.5 Å². The molecule has 0 aromatic heterocycles. The van der Waals surface area contributed by atoms with Gasteiger partial charge >= 0.3 is 19.8 Å². The number of unbranched alkanes of at least 4 members (excludes halogenated alkanes) is 36. The minimum Gasteiger partial charge on any atom is -0.462 e. The number of phosphoric acid groups is 1. The van der Waals surface area contributed by atoms with Crippen molar-refractivity contribution in [1.29, 1.82) is 0 Å². The van der Waals surface area contributed by atoms with Crippen LogP contribution in [0.3, 0.4) is 0 Å². The van der Waals surface area contributed by atoms with E-state index in [4.69, 9.17) is 18.5 Å². The minimum atomic E-state index is -4.37. The fourth-order valence-corrected chi connectivity index (χ4v) is 8.92. The third-order valence-electron chi connectivity index (χ3n) is 12.5. The quantitative estimate of drug-likeness (QED) is 0.0211. The first-order valence-corrected chi connectivity index (χ1v) is 29.4. The lowest BCUT2D eigenvalue weighted by atomic mass is 10.0. The molecule has 0 amide bonds. The van der Waals surface area contributed by atoms with Crippen molar-refractivity contribution in [2.24, 2.45) is 0 Å². The highest BCUT2D eigenvalue weighted by atomic mass is 31.2. The Kier molecular flexibility index (Phi) is 46.9. The summed E-state index contributed by atoms with van der Waals surface area (Å²) in [5.41, 5.74) is 0. The molecule has 0 aliphatic rings. The molecule has 0 rings (SSSR count). The third-order valence-corrected chi connectivity index (χ3v) is 13.5. The Balaban J connectivity index is 3.94. The number of ether oxygens (including phenoxy) is 2. The zero-order valence-electron chi connectivity index (χ0n) is 43.8. The van der Waals surface area contributed by atoms with Crippen LogP contribution >= 0.6 is 7.82 Å². The van der Waals surface area contributed by atoms with Gasteiger partial charge < -0.3 is 18.9 Å². The van der Waals surface area contributed by atoms with E-state index in [-0.39, 0.29) is 25.6 Å². The third kappa shape index (κ3) is 52.0. The molecule has 9 nitrogen and oxygen atoms in total. The molecule has 0 aromatic carbocycles. The molecule has 0 radical (unpaired) electrons. The lowest BCUT2D eigenvalue weighted by Gasteiger charge is -2.24. The van der Waals surface area contributed by atoms with Gasteiger partial charge in [-0.15, -0.1) is 0 Å². The molecule has 2 unspecified atom stereocenters. The zero-order valence-corrected chi connectivity index (χ0v) is 44.6. The molecule has 65 heavy (non-hydrogen) atoms. The molecule has 0 bridgehead atoms. The van der Waals surface area contributed by atoms with Crippen LogP contribution in [0.2, 0.25) is 0 Å². The molecule has 0 saturated heterocycles. The molecular weight excluding hydrogens is 834 g/mol. The lowest BCUT2D eigenvalue weighted by Crippen LogP contribution is -2.37. The van der Waals surface area contributed by atoms with Crippen LogP contribution in [0.1, 0.15) is 277 Å². The second-order valence-corrected chi connectivity index (χ2v) is 21.8. The van der Waals surface area contributed by atoms with Gasteiger partial charge in [0.15, 0.2) is 6.10 Å². The Labute approximate surface area is 403 Å². The second kappa shape index (κ2) is 47.8. The summed E-state index contributed by atoms with van der Waals surface area (Å²) >= 11 is 0. The van der Waals surface area contributed by atoms with Crippen LogP contribution in [0.15, 0.2) is 12.2 Å². The van der Waals surface area contributed by atoms with Crippen LogP contribution in [0, 0.1) is 0 Å². The van der Waals surface area contributed by atoms with Gasteiger partial charge in [-0.2, -0.15) is 0 Å². The molecular formula is C55H109NO8P+. The number of hydrogen-bond donors (Lipinski definition) is 1. The predicted molar refractivity (Wildman–Crippen MR) is 275 cm³/mol. The molecule has 10 heteroatoms. The monoisotopic (exact) mass is 943 g/mol. The predicted octanol–water partition coefficient (Wildman–Crippen LogP) is 16.9. The van der Waals surface area contributed by atoms with Crippen LogP contribution in [-0.2, 0) is 32.7 Å². The molecule has 0 aliphatic carbocycles. The summed E-state index contributed by atoms with van der Waals surface area (Å²) in [5, 5.41) is 0. The summed E-state index contributed by atoms with van der Waals surface area (Å²) in [6.07, 6.45) is 54.5. The molecule has 1 N–H and O–H groups in total. The summed E-state index contributed by atoms with van der Waals surface area (Å²) in [6, 6.07) is 0. The van der Waals surface area contributed by atoms with E-state index in [0.29, 0.717) is 23.9 Å². The Hall–Kier alpha value is -1.25. The summed E-state index contributed by atoms with van der Waals surface area (Å²) < 4.78 is 34.4. The zero-order chi connectivity index (χ0) is 47.8. The SMILES string of the molecule is CCCC/C=C\CCCCCCCC(=O)OC(COC(=O)CCCCCCCCCCCCCCCCCCCCCCCCCCCCCCCC)COP(=O)(O)OCC[N+](C)(C)C. The van der Waals surface area contributed by atoms with Gasteiger partial charge in [-0.3, -0.25) is 18.6 Å². The first-order valence-electron chi connectivity index (χ1n) is 27.9. The van der Waals surface area contributed by atoms with E-state index in [2.05, 4.69) is 26.0 Å². The number of quaternary nitrogens is 1. The number of esters is 2. The maximum absolute atomic E-state index is 12.7. The van der Waals surface area contributed by atoms with Gasteiger partial charge in [-0.25, -0.2) is 4.57 Å². The van der Waals surface area contributed by atoms with Crippen molar-refractivity contribution in [3.05, 3.63) is 12.2 Å². The Bertz CT molecular complexity index is 1110. The van der Waals surface area contributed by atoms with Crippen molar-refractivity contribution in [3.63, 3.8) is 0 Å². The van der Waals surface area contributed by atoms with Gasteiger partial charge in [0.2, 0.25) is 0 Å². The number of carbonyl (C=O) groups is 2. The number of carbonyl (C=O) groups excluding carboxylic acids is 2. The van der Waals surface area contributed by atoms with Gasteiger partial charge in [0.1, 0.15) is 19.8 Å². The van der Waals surface area contributed by atoms with Crippen LogP contribution < -0.4 is 0 Å². The van der Waals surface area contributed by atoms with Gasteiger partial charge in [0.05, 0.1) is 27.7 Å². The fourth-order valence-electron chi connectivity index (χ4n) is 8.18. The van der Waals surface area contributed by atoms with Crippen molar-refractivity contribution >= 4 is 19.8 Å². The topological polar surface area (TPSA) is 108 Å². The standard InChI is InChI=1S/C55H108NO8P/c1-6-8-10-12-14-16-18-19-20-21-22-23-24-25-26-27-28-29-30-31-32-33-34-35-36-38-39-41-43-45-47-54(57)61-51-53(52-63-65(59,60)62-50-49-56(3,4)5)64-55(58)48-46-44-42-40-37-17-15-13-11-9-7-2/h13,15,53H,6-12,14,16-52H2,1-5H3/p+1/b15-13-. The van der Waals surface area contributed by atoms with Gasteiger partial charge in [0, 0.05) is 12.8 Å². The molecule has 2 atom stereocenters. The molecule has 0 aromatic rings. The van der Waals surface area contributed by atoms with Crippen molar-refractivity contribution in [3.8, 4) is 0 Å². The summed E-state index contributed by atoms with van der Waals surface area (Å²) in [5.74, 6) is -0.795. The maximum atomic E-state index is 12.7. The highest BCUT2D eigenvalue weighted by molar-refractivity contribution is 7.47. The number of phosphoric ester groups is 1. The number of rotatable bonds is 52. The Morgan fingerprint density at radius 1 is 0.462 bits per heavy atom. The number of allylic oxidation sites excluding steroid dienone is 2. The lowest BCUT2D eigenvalue weighted by molar-refractivity contribution is -0.870. The van der Waals surface area contributed by atoms with E-state index in [1.165, 1.54) is 186 Å². The van der Waals surface area contributed by atoms with E-state index < -0.39 is 26.5 Å². The Morgan fingerprint density at radius 2 is 0.800 bits per heavy atom. The summed E-state index contributed by atoms with van der Waals surface area (Å²) in [6.45, 7) is 4.42. The number of likely N-dealkylation sites (N-methyl/N-ethyl adjacent to an activating group) is 1. The maximum Gasteiger partial charge on any atom is 0.472 e. The average Bonchev–Trinajstić information content (AvgIpc) is 3.26. The second-order valence-electron chi connectivity index (χ2n) is 20.3. The van der Waals surface area contributed by atoms with Gasteiger partial charge in [-0.1, -0.05) is 244 Å². The van der Waals surface area contributed by atoms with Gasteiger partial charge in [-0.05, 0) is 32.1 Å². The minimum absolute atomic E-state index is 0.0333. The highest BCUT2D eigenvalue weighted by Crippen LogP contribution is 2.43.